The molecule has 0 spiro atoms. The van der Waals surface area contributed by atoms with Gasteiger partial charge in [-0.2, -0.15) is 0 Å². The summed E-state index contributed by atoms with van der Waals surface area (Å²) in [6.45, 7) is 2.91. The Labute approximate surface area is 121 Å². The van der Waals surface area contributed by atoms with Crippen LogP contribution in [0.5, 0.6) is 0 Å². The van der Waals surface area contributed by atoms with E-state index in [1.54, 1.807) is 12.1 Å². The van der Waals surface area contributed by atoms with Crippen molar-refractivity contribution in [1.29, 1.82) is 0 Å². The first kappa shape index (κ1) is 15.1. The Kier molecular flexibility index (Phi) is 4.01. The zero-order valence-corrected chi connectivity index (χ0v) is 11.5. The Morgan fingerprint density at radius 2 is 1.81 bits per heavy atom. The van der Waals surface area contributed by atoms with Crippen molar-refractivity contribution in [2.24, 2.45) is 0 Å². The van der Waals surface area contributed by atoms with Crippen LogP contribution in [0.15, 0.2) is 36.0 Å². The van der Waals surface area contributed by atoms with Gasteiger partial charge in [0.15, 0.2) is 5.57 Å². The molecule has 7 nitrogen and oxygen atoms in total. The molecular weight excluding hydrogens is 277 g/mol. The van der Waals surface area contributed by atoms with Crippen LogP contribution < -0.4 is 10.8 Å². The van der Waals surface area contributed by atoms with Crippen molar-refractivity contribution in [2.75, 3.05) is 5.32 Å². The van der Waals surface area contributed by atoms with Gasteiger partial charge in [0.2, 0.25) is 0 Å². The predicted molar refractivity (Wildman–Crippen MR) is 74.2 cm³/mol. The van der Waals surface area contributed by atoms with Crippen LogP contribution >= 0.6 is 0 Å². The molecule has 1 saturated heterocycles. The van der Waals surface area contributed by atoms with Gasteiger partial charge in [0.1, 0.15) is 0 Å². The molecule has 1 aromatic rings. The van der Waals surface area contributed by atoms with Gasteiger partial charge in [0.05, 0.1) is 0 Å². The average molecular weight is 291 g/mol. The van der Waals surface area contributed by atoms with Gasteiger partial charge >= 0.3 is 19.1 Å². The van der Waals surface area contributed by atoms with Crippen molar-refractivity contribution in [1.82, 2.24) is 0 Å². The maximum Gasteiger partial charge on any atom is 0.488 e. The number of nitrogens with one attached hydrogen (secondary N) is 1. The summed E-state index contributed by atoms with van der Waals surface area (Å²) in [5.41, 5.74) is 0.469. The van der Waals surface area contributed by atoms with Crippen molar-refractivity contribution in [3.8, 4) is 0 Å². The maximum atomic E-state index is 11.7. The van der Waals surface area contributed by atoms with E-state index >= 15 is 0 Å². The monoisotopic (exact) mass is 291 g/mol. The maximum absolute atomic E-state index is 11.7. The van der Waals surface area contributed by atoms with E-state index in [0.29, 0.717) is 5.69 Å². The number of benzene rings is 1. The van der Waals surface area contributed by atoms with Gasteiger partial charge in [-0.25, -0.2) is 9.59 Å². The summed E-state index contributed by atoms with van der Waals surface area (Å²) >= 11 is 0. The summed E-state index contributed by atoms with van der Waals surface area (Å²) in [7, 11) is -1.61. The van der Waals surface area contributed by atoms with E-state index in [-0.39, 0.29) is 11.0 Å². The van der Waals surface area contributed by atoms with Gasteiger partial charge in [-0.3, -0.25) is 0 Å². The van der Waals surface area contributed by atoms with Crippen LogP contribution in [0, 0.1) is 0 Å². The van der Waals surface area contributed by atoms with E-state index in [1.807, 2.05) is 0 Å². The number of hydrogen-bond acceptors (Lipinski definition) is 7. The zero-order chi connectivity index (χ0) is 15.6. The molecule has 110 valence electrons. The lowest BCUT2D eigenvalue weighted by molar-refractivity contribution is -0.222. The topological polar surface area (TPSA) is 105 Å². The highest BCUT2D eigenvalue weighted by atomic mass is 16.7. The molecule has 0 amide bonds. The number of rotatable bonds is 3. The lowest BCUT2D eigenvalue weighted by Gasteiger charge is -2.29. The second-order valence-corrected chi connectivity index (χ2v) is 4.88. The first-order valence-corrected chi connectivity index (χ1v) is 6.18. The highest BCUT2D eigenvalue weighted by Crippen LogP contribution is 2.22. The highest BCUT2D eigenvalue weighted by Gasteiger charge is 2.38. The fraction of sp³-hybridized carbons (Fsp3) is 0.231. The molecule has 1 aliphatic heterocycles. The largest absolute Gasteiger partial charge is 0.488 e. The van der Waals surface area contributed by atoms with E-state index in [4.69, 9.17) is 19.5 Å². The van der Waals surface area contributed by atoms with Crippen molar-refractivity contribution in [2.45, 2.75) is 19.6 Å². The van der Waals surface area contributed by atoms with Crippen LogP contribution in [-0.4, -0.2) is 34.9 Å². The summed E-state index contributed by atoms with van der Waals surface area (Å²) in [5.74, 6) is -2.86. The van der Waals surface area contributed by atoms with Gasteiger partial charge < -0.3 is 24.8 Å². The molecule has 0 saturated carbocycles. The van der Waals surface area contributed by atoms with E-state index in [9.17, 15) is 9.59 Å². The van der Waals surface area contributed by atoms with E-state index in [1.165, 1.54) is 26.0 Å². The molecule has 3 N–H and O–H groups in total. The van der Waals surface area contributed by atoms with Crippen molar-refractivity contribution >= 4 is 30.2 Å². The summed E-state index contributed by atoms with van der Waals surface area (Å²) in [6, 6.07) is 6.21. The van der Waals surface area contributed by atoms with Gasteiger partial charge in [-0.15, -0.1) is 0 Å². The summed E-state index contributed by atoms with van der Waals surface area (Å²) < 4.78 is 9.87. The molecule has 2 rings (SSSR count). The third-order valence-corrected chi connectivity index (χ3v) is 2.68. The van der Waals surface area contributed by atoms with Crippen LogP contribution in [0.3, 0.4) is 0 Å². The number of cyclic esters (lactones) is 2. The van der Waals surface area contributed by atoms with E-state index in [0.717, 1.165) is 6.20 Å². The molecule has 1 aromatic carbocycles. The number of carbonyl (C=O) groups is 2. The Balaban J connectivity index is 2.16. The normalized spacial score (nSPS) is 16.9. The second kappa shape index (κ2) is 5.59. The van der Waals surface area contributed by atoms with Crippen LogP contribution in [0.2, 0.25) is 0 Å². The van der Waals surface area contributed by atoms with Crippen molar-refractivity contribution < 1.29 is 29.1 Å². The smallest absolute Gasteiger partial charge is 0.423 e. The van der Waals surface area contributed by atoms with Crippen molar-refractivity contribution in [3.63, 3.8) is 0 Å². The van der Waals surface area contributed by atoms with Gasteiger partial charge in [-0.1, -0.05) is 12.1 Å². The van der Waals surface area contributed by atoms with Crippen LogP contribution in [-0.2, 0) is 19.1 Å². The predicted octanol–water partition coefficient (Wildman–Crippen LogP) is -0.502. The van der Waals surface area contributed by atoms with E-state index < -0.39 is 24.8 Å². The number of anilines is 1. The van der Waals surface area contributed by atoms with Crippen LogP contribution in [0.4, 0.5) is 5.69 Å². The SMILES string of the molecule is CC1(C)OC(=O)C(=CNc2cccc(B(O)O)c2)C(=O)O1. The molecule has 8 heteroatoms. The minimum absolute atomic E-state index is 0.272. The minimum Gasteiger partial charge on any atom is -0.423 e. The van der Waals surface area contributed by atoms with E-state index in [2.05, 4.69) is 5.32 Å². The molecule has 0 atom stereocenters. The Hall–Kier alpha value is -2.32. The fourth-order valence-electron chi connectivity index (χ4n) is 1.72. The molecule has 21 heavy (non-hydrogen) atoms. The third kappa shape index (κ3) is 3.62. The third-order valence-electron chi connectivity index (χ3n) is 2.68. The lowest BCUT2D eigenvalue weighted by Crippen LogP contribution is -2.42. The summed E-state index contributed by atoms with van der Waals surface area (Å²) in [6.07, 6.45) is 1.16. The number of hydrogen-bond donors (Lipinski definition) is 3. The molecule has 0 radical (unpaired) electrons. The second-order valence-electron chi connectivity index (χ2n) is 4.88. The summed E-state index contributed by atoms with van der Waals surface area (Å²) in [4.78, 5) is 23.4. The highest BCUT2D eigenvalue weighted by molar-refractivity contribution is 6.58. The fourth-order valence-corrected chi connectivity index (χ4v) is 1.72. The molecule has 0 aliphatic carbocycles. The Morgan fingerprint density at radius 3 is 2.38 bits per heavy atom. The molecule has 0 aromatic heterocycles. The van der Waals surface area contributed by atoms with Crippen molar-refractivity contribution in [3.05, 3.63) is 36.0 Å². The van der Waals surface area contributed by atoms with Gasteiger partial charge in [0, 0.05) is 25.7 Å². The van der Waals surface area contributed by atoms with Crippen LogP contribution in [0.1, 0.15) is 13.8 Å². The number of carbonyl (C=O) groups excluding carboxylic acids is 2. The molecule has 0 unspecified atom stereocenters. The molecule has 1 aliphatic rings. The quantitative estimate of drug-likeness (QED) is 0.298. The first-order chi connectivity index (χ1) is 9.78. The summed E-state index contributed by atoms with van der Waals surface area (Å²) in [5, 5.41) is 20.9. The molecular formula is C13H14BNO6. The van der Waals surface area contributed by atoms with Gasteiger partial charge in [-0.05, 0) is 17.6 Å². The molecule has 0 bridgehead atoms. The van der Waals surface area contributed by atoms with Crippen LogP contribution in [0.25, 0.3) is 0 Å². The Morgan fingerprint density at radius 1 is 1.19 bits per heavy atom. The lowest BCUT2D eigenvalue weighted by atomic mass is 9.80. The zero-order valence-electron chi connectivity index (χ0n) is 11.5. The molecule has 1 heterocycles. The average Bonchev–Trinajstić information content (AvgIpc) is 2.36. The first-order valence-electron chi connectivity index (χ1n) is 6.18. The minimum atomic E-state index is -1.61. The van der Waals surface area contributed by atoms with Gasteiger partial charge in [0.25, 0.3) is 5.79 Å². The Bertz CT molecular complexity index is 588. The number of esters is 2. The number of ether oxygens (including phenoxy) is 2. The molecule has 1 fully saturated rings. The standard InChI is InChI=1S/C13H14BNO6/c1-13(2)20-11(16)10(12(17)21-13)7-15-9-5-3-4-8(6-9)14(18)19/h3-7,15,18-19H,1-2H3.